The first kappa shape index (κ1) is 76.6. The van der Waals surface area contributed by atoms with Crippen LogP contribution in [0.15, 0.2) is 24.4 Å². The average molecular weight is 1200 g/mol. The molecule has 484 valence electrons. The lowest BCUT2D eigenvalue weighted by Crippen LogP contribution is -2.63. The maximum absolute atomic E-state index is 15.1. The van der Waals surface area contributed by atoms with E-state index in [0.29, 0.717) is 6.42 Å². The summed E-state index contributed by atoms with van der Waals surface area (Å²) in [6.45, 7) is 31.5. The van der Waals surface area contributed by atoms with E-state index in [0.717, 1.165) is 14.7 Å². The van der Waals surface area contributed by atoms with E-state index in [-0.39, 0.29) is 55.8 Å². The smallest absolute Gasteiger partial charge is 0.270 e. The molecular weight excluding hydrogens is 1090 g/mol. The lowest BCUT2D eigenvalue weighted by Gasteiger charge is -2.41. The fraction of sp³-hybridized carbons (Fsp3) is 0.758. The highest BCUT2D eigenvalue weighted by Crippen LogP contribution is 2.26. The molecule has 0 aromatic rings. The number of carbonyl (C=O) groups excluding carboxylic acids is 11. The summed E-state index contributed by atoms with van der Waals surface area (Å²) >= 11 is 0. The molecule has 5 N–H and O–H groups in total. The minimum atomic E-state index is -1.62. The van der Waals surface area contributed by atoms with E-state index in [1.807, 2.05) is 55.4 Å². The van der Waals surface area contributed by atoms with Crippen LogP contribution in [0.3, 0.4) is 0 Å². The fourth-order valence-corrected chi connectivity index (χ4v) is 10.5. The molecule has 85 heavy (non-hydrogen) atoms. The van der Waals surface area contributed by atoms with Crippen LogP contribution < -0.4 is 21.3 Å². The van der Waals surface area contributed by atoms with Crippen LogP contribution >= 0.6 is 0 Å². The molecule has 1 heterocycles. The van der Waals surface area contributed by atoms with Crippen molar-refractivity contribution in [3.05, 3.63) is 24.4 Å². The number of nitrogens with one attached hydrogen (secondary N) is 4. The molecule has 23 heteroatoms. The van der Waals surface area contributed by atoms with E-state index in [2.05, 4.69) is 27.8 Å². The van der Waals surface area contributed by atoms with E-state index < -0.39 is 155 Å². The molecule has 1 saturated heterocycles. The predicted octanol–water partition coefficient (Wildman–Crippen LogP) is 3.39. The molecule has 1 aliphatic heterocycles. The molecule has 0 radical (unpaired) electrons. The van der Waals surface area contributed by atoms with Crippen molar-refractivity contribution in [1.29, 1.82) is 0 Å². The van der Waals surface area contributed by atoms with Crippen LogP contribution in [0.25, 0.3) is 0 Å². The van der Waals surface area contributed by atoms with Gasteiger partial charge in [0.2, 0.25) is 59.1 Å². The Bertz CT molecular complexity index is 2370. The Hall–Kier alpha value is -6.39. The molecule has 11 amide bonds. The first-order valence-electron chi connectivity index (χ1n) is 30.3. The number of hydrogen-bond acceptors (Lipinski definition) is 12. The summed E-state index contributed by atoms with van der Waals surface area (Å²) in [5.74, 6) is -10.2. The molecule has 0 aliphatic carbocycles. The second-order valence-corrected chi connectivity index (χ2v) is 25.8. The summed E-state index contributed by atoms with van der Waals surface area (Å²) in [7, 11) is 9.79. The van der Waals surface area contributed by atoms with Gasteiger partial charge in [-0.1, -0.05) is 116 Å². The molecule has 0 aromatic heterocycles. The third-order valence-corrected chi connectivity index (χ3v) is 15.9. The monoisotopic (exact) mass is 1200 g/mol. The summed E-state index contributed by atoms with van der Waals surface area (Å²) in [6.07, 6.45) is 2.94. The molecule has 23 nitrogen and oxygen atoms in total. The van der Waals surface area contributed by atoms with Gasteiger partial charge in [0.15, 0.2) is 0 Å². The first-order valence-corrected chi connectivity index (χ1v) is 30.3. The molecule has 1 unspecified atom stereocenters. The topological polar surface area (TPSA) is 279 Å². The highest BCUT2D eigenvalue weighted by molar-refractivity contribution is 6.02. The Labute approximate surface area is 508 Å². The summed E-state index contributed by atoms with van der Waals surface area (Å²) in [5.41, 5.74) is -0.418. The minimum Gasteiger partial charge on any atom is -0.390 e. The first-order chi connectivity index (χ1) is 39.2. The summed E-state index contributed by atoms with van der Waals surface area (Å²) in [5, 5.41) is 22.8. The van der Waals surface area contributed by atoms with Gasteiger partial charge in [0.1, 0.15) is 54.4 Å². The van der Waals surface area contributed by atoms with Crippen molar-refractivity contribution in [1.82, 2.24) is 55.6 Å². The van der Waals surface area contributed by atoms with Gasteiger partial charge in [-0.15, -0.1) is 0 Å². The van der Waals surface area contributed by atoms with E-state index in [9.17, 15) is 48.3 Å². The van der Waals surface area contributed by atoms with Crippen LogP contribution in [0.5, 0.6) is 0 Å². The third kappa shape index (κ3) is 21.5. The Morgan fingerprint density at radius 3 is 1.41 bits per heavy atom. The predicted molar refractivity (Wildman–Crippen MR) is 328 cm³/mol. The van der Waals surface area contributed by atoms with Gasteiger partial charge >= 0.3 is 0 Å². The average Bonchev–Trinajstić information content (AvgIpc) is 3.62. The van der Waals surface area contributed by atoms with Crippen molar-refractivity contribution in [3.63, 3.8) is 0 Å². The Balaban J connectivity index is 4.32. The number of nitrogens with zero attached hydrogens (tertiary/aromatic N) is 7. The standard InChI is InChI=1S/C62H109N11O12/c1-25-27-28-40(15)52(75)51-56(79)65-43(26-2)58(81)67(18)33-48(74)68(19)44(29-34(3)4)55(78)66-49(38(11)12)61(84)69(20)45(30-35(5)6)54(77)63-41(16)53(76)64-42(17)57(80)70(21)46(31-36(7)8)59(82)71(22)47(32-37(9)10)60(83)72(23)50(39(13)14)62(85)73(51)24/h25,27,34-41,43-47,49-52,75H,17,26,28-33H2,1-16,18-24H3,(H,63,77)(H,64,76)(H,65,79)(H,66,78)/b27-25+/t40-,41+,43+,44-,45+,46-,47+,49+,50+,51+,52?/m1/s1. The summed E-state index contributed by atoms with van der Waals surface area (Å²) in [4.78, 5) is 168. The maximum atomic E-state index is 15.1. The van der Waals surface area contributed by atoms with Crippen molar-refractivity contribution in [2.75, 3.05) is 55.9 Å². The van der Waals surface area contributed by atoms with Gasteiger partial charge < -0.3 is 60.7 Å². The Morgan fingerprint density at radius 1 is 0.518 bits per heavy atom. The van der Waals surface area contributed by atoms with Crippen LogP contribution in [0, 0.1) is 41.4 Å². The SMILES string of the molecule is C=C1NC(=O)[C@H](C)NC(=O)[C@H](CC(C)C)N(C)C(=O)[C@H](C(C)C)NC(=O)[C@@H](CC(C)C)N(C)C(=O)CN(C)C(=O)[C@H](CC)NC(=O)[C@H](C(O)[C@H](C)C/C=C/C)N(C)C(=O)[C@H](C(C)C)N(C)C(=O)[C@H](CC(C)C)N(C)C(=O)[C@@H](CC(C)C)N(C)C1=O. The fourth-order valence-electron chi connectivity index (χ4n) is 10.5. The van der Waals surface area contributed by atoms with Crippen LogP contribution in [-0.2, 0) is 52.7 Å². The number of amides is 11. The van der Waals surface area contributed by atoms with Gasteiger partial charge in [-0.05, 0) is 93.8 Å². The van der Waals surface area contributed by atoms with Crippen LogP contribution in [0.2, 0.25) is 0 Å². The highest BCUT2D eigenvalue weighted by atomic mass is 16.3. The molecular formula is C62H109N11O12. The molecule has 0 bridgehead atoms. The Morgan fingerprint density at radius 2 is 0.953 bits per heavy atom. The lowest BCUT2D eigenvalue weighted by molar-refractivity contribution is -0.157. The van der Waals surface area contributed by atoms with E-state index >= 15 is 9.59 Å². The molecule has 1 rings (SSSR count). The number of rotatable bonds is 15. The van der Waals surface area contributed by atoms with Gasteiger partial charge in [-0.25, -0.2) is 0 Å². The molecule has 0 aromatic carbocycles. The van der Waals surface area contributed by atoms with E-state index in [1.54, 1.807) is 60.6 Å². The largest absolute Gasteiger partial charge is 0.390 e. The van der Waals surface area contributed by atoms with E-state index in [4.69, 9.17) is 0 Å². The number of likely N-dealkylation sites (N-methyl/N-ethyl adjacent to an activating group) is 7. The summed E-state index contributed by atoms with van der Waals surface area (Å²) < 4.78 is 0. The summed E-state index contributed by atoms with van der Waals surface area (Å²) in [6, 6.07) is -11.3. The van der Waals surface area contributed by atoms with Crippen molar-refractivity contribution >= 4 is 65.0 Å². The normalized spacial score (nSPS) is 26.0. The van der Waals surface area contributed by atoms with Gasteiger partial charge in [-0.3, -0.25) is 52.7 Å². The minimum absolute atomic E-state index is 0.0186. The third-order valence-electron chi connectivity index (χ3n) is 15.9. The number of carbonyl (C=O) groups is 11. The van der Waals surface area contributed by atoms with Crippen molar-refractivity contribution < 1.29 is 57.8 Å². The van der Waals surface area contributed by atoms with Crippen LogP contribution in [0.4, 0.5) is 0 Å². The van der Waals surface area contributed by atoms with Gasteiger partial charge in [0.25, 0.3) is 5.91 Å². The number of aliphatic hydroxyl groups excluding tert-OH is 1. The zero-order valence-corrected chi connectivity index (χ0v) is 55.7. The van der Waals surface area contributed by atoms with Gasteiger partial charge in [0, 0.05) is 49.3 Å². The molecule has 11 atom stereocenters. The van der Waals surface area contributed by atoms with Gasteiger partial charge in [-0.2, -0.15) is 0 Å². The zero-order chi connectivity index (χ0) is 66.0. The highest BCUT2D eigenvalue weighted by Gasteiger charge is 2.45. The van der Waals surface area contributed by atoms with Crippen molar-refractivity contribution in [2.24, 2.45) is 41.4 Å². The lowest BCUT2D eigenvalue weighted by atomic mass is 9.91. The number of aliphatic hydroxyl groups is 1. The number of hydrogen-bond donors (Lipinski definition) is 5. The second kappa shape index (κ2) is 34.7. The van der Waals surface area contributed by atoms with Crippen molar-refractivity contribution in [3.8, 4) is 0 Å². The second-order valence-electron chi connectivity index (χ2n) is 25.8. The van der Waals surface area contributed by atoms with Crippen LogP contribution in [0.1, 0.15) is 149 Å². The zero-order valence-electron chi connectivity index (χ0n) is 55.7. The molecule has 0 spiro atoms. The quantitative estimate of drug-likeness (QED) is 0.117. The Kier molecular flexibility index (Phi) is 31.3. The van der Waals surface area contributed by atoms with Crippen molar-refractivity contribution in [2.45, 2.75) is 210 Å². The maximum Gasteiger partial charge on any atom is 0.270 e. The van der Waals surface area contributed by atoms with Crippen LogP contribution in [-0.4, -0.2) is 221 Å². The van der Waals surface area contributed by atoms with Gasteiger partial charge in [0.05, 0.1) is 18.3 Å². The molecule has 0 saturated carbocycles. The molecule has 1 aliphatic rings. The molecule has 1 fully saturated rings. The van der Waals surface area contributed by atoms with E-state index in [1.165, 1.54) is 75.9 Å². The number of allylic oxidation sites excluding steroid dienone is 2.